The Labute approximate surface area is 185 Å². The molecule has 1 amide bonds. The van der Waals surface area contributed by atoms with Crippen molar-refractivity contribution < 1.29 is 17.6 Å². The van der Waals surface area contributed by atoms with E-state index in [-0.39, 0.29) is 22.5 Å². The monoisotopic (exact) mass is 459 g/mol. The van der Waals surface area contributed by atoms with Gasteiger partial charge in [0, 0.05) is 22.3 Å². The number of amides is 1. The summed E-state index contributed by atoms with van der Waals surface area (Å²) in [7, 11) is -3.73. The van der Waals surface area contributed by atoms with Gasteiger partial charge in [-0.2, -0.15) is 0 Å². The van der Waals surface area contributed by atoms with Gasteiger partial charge in [0.25, 0.3) is 15.9 Å². The lowest BCUT2D eigenvalue weighted by Crippen LogP contribution is -2.36. The van der Waals surface area contributed by atoms with Crippen LogP contribution in [0.25, 0.3) is 11.5 Å². The molecule has 0 spiro atoms. The molecule has 1 saturated carbocycles. The number of rotatable bonds is 6. The van der Waals surface area contributed by atoms with Crippen LogP contribution in [0.15, 0.2) is 64.1 Å². The van der Waals surface area contributed by atoms with E-state index in [9.17, 15) is 13.2 Å². The van der Waals surface area contributed by atoms with Crippen molar-refractivity contribution in [2.75, 3.05) is 4.72 Å². The van der Waals surface area contributed by atoms with E-state index in [4.69, 9.17) is 16.0 Å². The van der Waals surface area contributed by atoms with E-state index in [1.807, 2.05) is 0 Å². The minimum atomic E-state index is -3.73. The van der Waals surface area contributed by atoms with Crippen LogP contribution < -0.4 is 10.0 Å². The van der Waals surface area contributed by atoms with Crippen LogP contribution >= 0.6 is 11.6 Å². The van der Waals surface area contributed by atoms with Gasteiger partial charge in [-0.3, -0.25) is 9.52 Å². The summed E-state index contributed by atoms with van der Waals surface area (Å²) in [6, 6.07) is 12.7. The summed E-state index contributed by atoms with van der Waals surface area (Å²) in [5, 5.41) is 3.47. The van der Waals surface area contributed by atoms with Crippen LogP contribution in [0.3, 0.4) is 0 Å². The molecule has 1 aromatic heterocycles. The zero-order chi connectivity index (χ0) is 21.8. The topological polar surface area (TPSA) is 101 Å². The first-order valence-corrected chi connectivity index (χ1v) is 11.9. The second-order valence-corrected chi connectivity index (χ2v) is 9.60. The van der Waals surface area contributed by atoms with Gasteiger partial charge < -0.3 is 9.73 Å². The molecule has 1 aliphatic rings. The van der Waals surface area contributed by atoms with Crippen LogP contribution in [-0.4, -0.2) is 25.4 Å². The SMILES string of the molecule is O=C(NC1CCCCC1)c1coc(-c2ccc(NS(=O)(=O)c3ccc(Cl)cc3)cc2)n1. The van der Waals surface area contributed by atoms with Gasteiger partial charge in [-0.1, -0.05) is 30.9 Å². The van der Waals surface area contributed by atoms with Crippen molar-refractivity contribution in [3.8, 4) is 11.5 Å². The average Bonchev–Trinajstić information content (AvgIpc) is 3.25. The second kappa shape index (κ2) is 9.11. The van der Waals surface area contributed by atoms with E-state index in [0.29, 0.717) is 22.2 Å². The number of sulfonamides is 1. The number of hydrogen-bond acceptors (Lipinski definition) is 5. The molecule has 1 heterocycles. The molecule has 0 bridgehead atoms. The van der Waals surface area contributed by atoms with Crippen molar-refractivity contribution in [2.24, 2.45) is 0 Å². The van der Waals surface area contributed by atoms with Crippen LogP contribution in [0, 0.1) is 0 Å². The van der Waals surface area contributed by atoms with Gasteiger partial charge in [0.1, 0.15) is 6.26 Å². The summed E-state index contributed by atoms with van der Waals surface area (Å²) >= 11 is 5.81. The first kappa shape index (κ1) is 21.4. The Morgan fingerprint density at radius 2 is 1.68 bits per heavy atom. The summed E-state index contributed by atoms with van der Waals surface area (Å²) in [6.45, 7) is 0. The Balaban J connectivity index is 1.42. The number of hydrogen-bond donors (Lipinski definition) is 2. The first-order chi connectivity index (χ1) is 14.9. The van der Waals surface area contributed by atoms with Crippen LogP contribution in [0.1, 0.15) is 42.6 Å². The maximum Gasteiger partial charge on any atom is 0.273 e. The van der Waals surface area contributed by atoms with Crippen LogP contribution in [0.2, 0.25) is 5.02 Å². The molecule has 1 aliphatic carbocycles. The molecule has 4 rings (SSSR count). The number of halogens is 1. The smallest absolute Gasteiger partial charge is 0.273 e. The van der Waals surface area contributed by atoms with E-state index in [0.717, 1.165) is 25.7 Å². The summed E-state index contributed by atoms with van der Waals surface area (Å²) in [4.78, 5) is 16.8. The molecule has 3 aromatic rings. The van der Waals surface area contributed by atoms with Crippen molar-refractivity contribution in [3.63, 3.8) is 0 Å². The van der Waals surface area contributed by atoms with Crippen molar-refractivity contribution >= 4 is 33.2 Å². The molecule has 0 aliphatic heterocycles. The standard InChI is InChI=1S/C22H22ClN3O4S/c23-16-8-12-19(13-9-16)31(28,29)26-18-10-6-15(7-11-18)22-25-20(14-30-22)21(27)24-17-4-2-1-3-5-17/h6-14,17,26H,1-5H2,(H,24,27). The molecule has 2 N–H and O–H groups in total. The fraction of sp³-hybridized carbons (Fsp3) is 0.273. The molecule has 9 heteroatoms. The van der Waals surface area contributed by atoms with Crippen LogP contribution in [-0.2, 0) is 10.0 Å². The lowest BCUT2D eigenvalue weighted by atomic mass is 9.95. The average molecular weight is 460 g/mol. The molecule has 0 saturated heterocycles. The number of carbonyl (C=O) groups is 1. The Kier molecular flexibility index (Phi) is 6.29. The van der Waals surface area contributed by atoms with Crippen LogP contribution in [0.4, 0.5) is 5.69 Å². The molecular formula is C22H22ClN3O4S. The number of anilines is 1. The van der Waals surface area contributed by atoms with E-state index in [1.54, 1.807) is 24.3 Å². The minimum Gasteiger partial charge on any atom is -0.444 e. The number of aromatic nitrogens is 1. The molecule has 0 unspecified atom stereocenters. The maximum absolute atomic E-state index is 12.5. The molecule has 162 valence electrons. The highest BCUT2D eigenvalue weighted by atomic mass is 35.5. The normalized spacial score (nSPS) is 14.9. The van der Waals surface area contributed by atoms with E-state index in [1.165, 1.54) is 36.9 Å². The van der Waals surface area contributed by atoms with Crippen molar-refractivity contribution in [1.82, 2.24) is 10.3 Å². The fourth-order valence-corrected chi connectivity index (χ4v) is 4.71. The Morgan fingerprint density at radius 3 is 2.35 bits per heavy atom. The number of benzene rings is 2. The van der Waals surface area contributed by atoms with Crippen LogP contribution in [0.5, 0.6) is 0 Å². The number of oxazole rings is 1. The Morgan fingerprint density at radius 1 is 1.00 bits per heavy atom. The van der Waals surface area contributed by atoms with E-state index >= 15 is 0 Å². The molecule has 0 radical (unpaired) electrons. The van der Waals surface area contributed by atoms with Gasteiger partial charge in [0.05, 0.1) is 4.90 Å². The fourth-order valence-electron chi connectivity index (χ4n) is 3.53. The maximum atomic E-state index is 12.5. The zero-order valence-electron chi connectivity index (χ0n) is 16.7. The predicted octanol–water partition coefficient (Wildman–Crippen LogP) is 4.86. The minimum absolute atomic E-state index is 0.113. The number of nitrogens with one attached hydrogen (secondary N) is 2. The summed E-state index contributed by atoms with van der Waals surface area (Å²) in [5.74, 6) is 0.0511. The molecular weight excluding hydrogens is 438 g/mol. The Hall–Kier alpha value is -2.84. The third-order valence-corrected chi connectivity index (χ3v) is 6.83. The molecule has 31 heavy (non-hydrogen) atoms. The number of nitrogens with zero attached hydrogens (tertiary/aromatic N) is 1. The van der Waals surface area contributed by atoms with Gasteiger partial charge in [0.15, 0.2) is 5.69 Å². The highest BCUT2D eigenvalue weighted by molar-refractivity contribution is 7.92. The van der Waals surface area contributed by atoms with E-state index < -0.39 is 10.0 Å². The Bertz CT molecular complexity index is 1150. The highest BCUT2D eigenvalue weighted by Crippen LogP contribution is 2.24. The third kappa shape index (κ3) is 5.26. The molecule has 0 atom stereocenters. The van der Waals surface area contributed by atoms with E-state index in [2.05, 4.69) is 15.0 Å². The second-order valence-electron chi connectivity index (χ2n) is 7.48. The van der Waals surface area contributed by atoms with Crippen molar-refractivity contribution in [3.05, 3.63) is 65.5 Å². The van der Waals surface area contributed by atoms with Crippen molar-refractivity contribution in [1.29, 1.82) is 0 Å². The molecule has 2 aromatic carbocycles. The van der Waals surface area contributed by atoms with Gasteiger partial charge >= 0.3 is 0 Å². The number of carbonyl (C=O) groups excluding carboxylic acids is 1. The lowest BCUT2D eigenvalue weighted by molar-refractivity contribution is 0.0922. The largest absolute Gasteiger partial charge is 0.444 e. The molecule has 7 nitrogen and oxygen atoms in total. The summed E-state index contributed by atoms with van der Waals surface area (Å²) in [5.41, 5.74) is 1.25. The van der Waals surface area contributed by atoms with Gasteiger partial charge in [0.2, 0.25) is 5.89 Å². The summed E-state index contributed by atoms with van der Waals surface area (Å²) in [6.07, 6.45) is 6.79. The summed E-state index contributed by atoms with van der Waals surface area (Å²) < 4.78 is 32.9. The van der Waals surface area contributed by atoms with Gasteiger partial charge in [-0.25, -0.2) is 13.4 Å². The molecule has 1 fully saturated rings. The van der Waals surface area contributed by atoms with Gasteiger partial charge in [-0.15, -0.1) is 0 Å². The predicted molar refractivity (Wildman–Crippen MR) is 119 cm³/mol. The highest BCUT2D eigenvalue weighted by Gasteiger charge is 2.20. The third-order valence-electron chi connectivity index (χ3n) is 5.19. The lowest BCUT2D eigenvalue weighted by Gasteiger charge is -2.22. The zero-order valence-corrected chi connectivity index (χ0v) is 18.2. The van der Waals surface area contributed by atoms with Gasteiger partial charge in [-0.05, 0) is 61.4 Å². The first-order valence-electron chi connectivity index (χ1n) is 10.1. The van der Waals surface area contributed by atoms with Crippen molar-refractivity contribution in [2.45, 2.75) is 43.0 Å². The quantitative estimate of drug-likeness (QED) is 0.548.